The Morgan fingerprint density at radius 3 is 2.23 bits per heavy atom. The second-order valence-corrected chi connectivity index (χ2v) is 6.95. The van der Waals surface area contributed by atoms with Crippen molar-refractivity contribution in [1.29, 1.82) is 0 Å². The molecule has 0 saturated carbocycles. The van der Waals surface area contributed by atoms with E-state index in [0.717, 1.165) is 16.8 Å². The summed E-state index contributed by atoms with van der Waals surface area (Å²) >= 11 is 0. The lowest BCUT2D eigenvalue weighted by Gasteiger charge is -2.11. The van der Waals surface area contributed by atoms with Gasteiger partial charge in [0.1, 0.15) is 5.75 Å². The third-order valence-electron chi connectivity index (χ3n) is 4.13. The van der Waals surface area contributed by atoms with Gasteiger partial charge in [-0.1, -0.05) is 45.9 Å². The molecule has 0 atom stereocenters. The smallest absolute Gasteiger partial charge is 0.255 e. The van der Waals surface area contributed by atoms with Gasteiger partial charge in [0.2, 0.25) is 5.91 Å². The molecule has 2 aromatic rings. The summed E-state index contributed by atoms with van der Waals surface area (Å²) in [4.78, 5) is 24.1. The molecule has 0 saturated heterocycles. The molecule has 0 heterocycles. The molecule has 0 aliphatic carbocycles. The van der Waals surface area contributed by atoms with Crippen molar-refractivity contribution in [3.63, 3.8) is 0 Å². The molecule has 0 bridgehead atoms. The van der Waals surface area contributed by atoms with E-state index in [1.54, 1.807) is 24.3 Å². The normalized spacial score (nSPS) is 10.8. The van der Waals surface area contributed by atoms with Gasteiger partial charge in [-0.25, -0.2) is 0 Å². The zero-order valence-electron chi connectivity index (χ0n) is 15.7. The van der Waals surface area contributed by atoms with Crippen LogP contribution in [0, 0.1) is 5.92 Å². The number of carbonyl (C=O) groups excluding carboxylic acids is 2. The number of phenolic OH excluding ortho intramolecular Hbond substituents is 1. The Balaban J connectivity index is 1.99. The number of hydrogen-bond acceptors (Lipinski definition) is 3. The molecule has 26 heavy (non-hydrogen) atoms. The van der Waals surface area contributed by atoms with Crippen LogP contribution in [0.15, 0.2) is 42.5 Å². The van der Waals surface area contributed by atoms with Crippen LogP contribution >= 0.6 is 0 Å². The van der Waals surface area contributed by atoms with E-state index in [-0.39, 0.29) is 35.0 Å². The predicted molar refractivity (Wildman–Crippen MR) is 103 cm³/mol. The van der Waals surface area contributed by atoms with Crippen LogP contribution in [0.2, 0.25) is 0 Å². The average Bonchev–Trinajstić information content (AvgIpc) is 2.60. The highest BCUT2D eigenvalue weighted by molar-refractivity contribution is 5.97. The lowest BCUT2D eigenvalue weighted by molar-refractivity contribution is -0.118. The first-order valence-electron chi connectivity index (χ1n) is 8.79. The zero-order valence-corrected chi connectivity index (χ0v) is 15.7. The lowest BCUT2D eigenvalue weighted by atomic mass is 10.00. The molecule has 2 rings (SSSR count). The molecule has 5 heteroatoms. The van der Waals surface area contributed by atoms with E-state index in [0.29, 0.717) is 6.54 Å². The molecule has 0 radical (unpaired) electrons. The lowest BCUT2D eigenvalue weighted by Crippen LogP contribution is -2.23. The van der Waals surface area contributed by atoms with E-state index in [1.807, 2.05) is 45.9 Å². The maximum absolute atomic E-state index is 12.4. The fourth-order valence-electron chi connectivity index (χ4n) is 2.36. The number of anilines is 1. The molecule has 3 N–H and O–H groups in total. The second-order valence-electron chi connectivity index (χ2n) is 6.95. The topological polar surface area (TPSA) is 78.4 Å². The quantitative estimate of drug-likeness (QED) is 0.732. The van der Waals surface area contributed by atoms with E-state index in [1.165, 1.54) is 0 Å². The van der Waals surface area contributed by atoms with Gasteiger partial charge in [-0.3, -0.25) is 9.59 Å². The van der Waals surface area contributed by atoms with Gasteiger partial charge in [0.25, 0.3) is 5.91 Å². The van der Waals surface area contributed by atoms with Crippen LogP contribution in [-0.2, 0) is 11.3 Å². The van der Waals surface area contributed by atoms with Crippen molar-refractivity contribution in [3.05, 3.63) is 59.2 Å². The molecular weight excluding hydrogens is 328 g/mol. The highest BCUT2D eigenvalue weighted by Gasteiger charge is 2.13. The van der Waals surface area contributed by atoms with E-state index < -0.39 is 0 Å². The standard InChI is InChI=1S/C21H26N2O3/c1-13(2)16-7-10-19(24)18(11-16)21(26)22-12-15-5-8-17(9-6-15)23-20(25)14(3)4/h5-11,13-14,24H,12H2,1-4H3,(H,22,26)(H,23,25). The summed E-state index contributed by atoms with van der Waals surface area (Å²) in [6, 6.07) is 12.4. The minimum atomic E-state index is -0.317. The number of aromatic hydroxyl groups is 1. The maximum atomic E-state index is 12.4. The second kappa shape index (κ2) is 8.52. The summed E-state index contributed by atoms with van der Waals surface area (Å²) in [5.41, 5.74) is 2.90. The number of benzene rings is 2. The Morgan fingerprint density at radius 2 is 1.65 bits per heavy atom. The first-order valence-corrected chi connectivity index (χ1v) is 8.79. The van der Waals surface area contributed by atoms with Crippen LogP contribution in [0.4, 0.5) is 5.69 Å². The van der Waals surface area contributed by atoms with Crippen LogP contribution in [0.1, 0.15) is 55.1 Å². The first kappa shape index (κ1) is 19.5. The van der Waals surface area contributed by atoms with Crippen molar-refractivity contribution >= 4 is 17.5 Å². The number of phenols is 1. The Bertz CT molecular complexity index is 780. The highest BCUT2D eigenvalue weighted by Crippen LogP contribution is 2.23. The summed E-state index contributed by atoms with van der Waals surface area (Å²) in [5, 5.41) is 15.6. The van der Waals surface area contributed by atoms with Gasteiger partial charge in [-0.15, -0.1) is 0 Å². The molecule has 0 aliphatic rings. The van der Waals surface area contributed by atoms with Gasteiger partial charge in [0, 0.05) is 18.2 Å². The van der Waals surface area contributed by atoms with Gasteiger partial charge in [0.15, 0.2) is 0 Å². The van der Waals surface area contributed by atoms with Crippen molar-refractivity contribution in [2.24, 2.45) is 5.92 Å². The summed E-state index contributed by atoms with van der Waals surface area (Å²) in [6.07, 6.45) is 0. The number of amides is 2. The van der Waals surface area contributed by atoms with Crippen LogP contribution in [-0.4, -0.2) is 16.9 Å². The van der Waals surface area contributed by atoms with Gasteiger partial charge in [0.05, 0.1) is 5.56 Å². The fourth-order valence-corrected chi connectivity index (χ4v) is 2.36. The summed E-state index contributed by atoms with van der Waals surface area (Å²) in [6.45, 7) is 8.08. The van der Waals surface area contributed by atoms with Gasteiger partial charge in [-0.2, -0.15) is 0 Å². The SMILES string of the molecule is CC(C)C(=O)Nc1ccc(CNC(=O)c2cc(C(C)C)ccc2O)cc1. The Kier molecular flexibility index (Phi) is 6.39. The van der Waals surface area contributed by atoms with Crippen LogP contribution < -0.4 is 10.6 Å². The Morgan fingerprint density at radius 1 is 1.00 bits per heavy atom. The van der Waals surface area contributed by atoms with Crippen molar-refractivity contribution in [3.8, 4) is 5.75 Å². The van der Waals surface area contributed by atoms with E-state index in [9.17, 15) is 14.7 Å². The molecule has 0 spiro atoms. The number of carbonyl (C=O) groups is 2. The van der Waals surface area contributed by atoms with E-state index in [4.69, 9.17) is 0 Å². The Labute approximate surface area is 154 Å². The fraction of sp³-hybridized carbons (Fsp3) is 0.333. The van der Waals surface area contributed by atoms with Crippen LogP contribution in [0.3, 0.4) is 0 Å². The van der Waals surface area contributed by atoms with Gasteiger partial charge < -0.3 is 15.7 Å². The molecule has 2 amide bonds. The van der Waals surface area contributed by atoms with Crippen molar-refractivity contribution in [2.75, 3.05) is 5.32 Å². The van der Waals surface area contributed by atoms with Crippen molar-refractivity contribution in [2.45, 2.75) is 40.2 Å². The van der Waals surface area contributed by atoms with Crippen molar-refractivity contribution < 1.29 is 14.7 Å². The zero-order chi connectivity index (χ0) is 19.3. The number of hydrogen-bond donors (Lipinski definition) is 3. The van der Waals surface area contributed by atoms with Gasteiger partial charge >= 0.3 is 0 Å². The molecule has 2 aromatic carbocycles. The molecular formula is C21H26N2O3. The minimum Gasteiger partial charge on any atom is -0.507 e. The summed E-state index contributed by atoms with van der Waals surface area (Å²) in [5.74, 6) is -0.189. The monoisotopic (exact) mass is 354 g/mol. The first-order chi connectivity index (χ1) is 12.3. The largest absolute Gasteiger partial charge is 0.507 e. The molecule has 0 unspecified atom stereocenters. The van der Waals surface area contributed by atoms with E-state index >= 15 is 0 Å². The Hall–Kier alpha value is -2.82. The predicted octanol–water partition coefficient (Wildman–Crippen LogP) is 4.04. The maximum Gasteiger partial charge on any atom is 0.255 e. The third kappa shape index (κ3) is 5.09. The minimum absolute atomic E-state index is 0.0290. The third-order valence-corrected chi connectivity index (χ3v) is 4.13. The number of nitrogens with one attached hydrogen (secondary N) is 2. The molecule has 138 valence electrons. The highest BCUT2D eigenvalue weighted by atomic mass is 16.3. The number of rotatable bonds is 6. The summed E-state index contributed by atoms with van der Waals surface area (Å²) < 4.78 is 0. The van der Waals surface area contributed by atoms with Crippen LogP contribution in [0.5, 0.6) is 5.75 Å². The van der Waals surface area contributed by atoms with Crippen LogP contribution in [0.25, 0.3) is 0 Å². The molecule has 0 aliphatic heterocycles. The average molecular weight is 354 g/mol. The van der Waals surface area contributed by atoms with Gasteiger partial charge in [-0.05, 0) is 41.3 Å². The van der Waals surface area contributed by atoms with Crippen molar-refractivity contribution in [1.82, 2.24) is 5.32 Å². The molecule has 0 aromatic heterocycles. The summed E-state index contributed by atoms with van der Waals surface area (Å²) in [7, 11) is 0. The molecule has 0 fully saturated rings. The molecule has 5 nitrogen and oxygen atoms in total. The van der Waals surface area contributed by atoms with E-state index in [2.05, 4.69) is 10.6 Å².